The number of hydrogen-bond donors (Lipinski definition) is 2. The topological polar surface area (TPSA) is 79.9 Å². The number of amides is 2. The van der Waals surface area contributed by atoms with Crippen molar-refractivity contribution in [3.05, 3.63) is 0 Å². The smallest absolute Gasteiger partial charge is 0.246 e. The minimum atomic E-state index is -0.521. The number of hydrogen-bond acceptors (Lipinski definition) is 5. The van der Waals surface area contributed by atoms with Crippen LogP contribution in [0.5, 0.6) is 0 Å². The molecule has 7 heteroatoms. The van der Waals surface area contributed by atoms with Crippen LogP contribution < -0.4 is 10.6 Å². The Bertz CT molecular complexity index is 352. The second-order valence-electron chi connectivity index (χ2n) is 5.49. The van der Waals surface area contributed by atoms with Crippen LogP contribution in [0.4, 0.5) is 0 Å². The first-order valence-electron chi connectivity index (χ1n) is 7.65. The summed E-state index contributed by atoms with van der Waals surface area (Å²) in [5.74, 6) is -0.295. The zero-order valence-corrected chi connectivity index (χ0v) is 12.6. The Labute approximate surface area is 125 Å². The van der Waals surface area contributed by atoms with E-state index in [9.17, 15) is 9.59 Å². The van der Waals surface area contributed by atoms with Crippen LogP contribution in [0.3, 0.4) is 0 Å². The van der Waals surface area contributed by atoms with E-state index in [1.807, 2.05) is 0 Å². The second-order valence-corrected chi connectivity index (χ2v) is 5.49. The molecule has 0 aromatic rings. The Morgan fingerprint density at radius 2 is 2.00 bits per heavy atom. The molecule has 2 heterocycles. The lowest BCUT2D eigenvalue weighted by atomic mass is 10.1. The molecule has 0 aromatic heterocycles. The van der Waals surface area contributed by atoms with Gasteiger partial charge in [-0.05, 0) is 32.9 Å². The van der Waals surface area contributed by atoms with Gasteiger partial charge in [0.25, 0.3) is 0 Å². The Hall–Kier alpha value is -1.18. The van der Waals surface area contributed by atoms with Crippen molar-refractivity contribution in [3.8, 4) is 0 Å². The van der Waals surface area contributed by atoms with E-state index in [4.69, 9.17) is 9.47 Å². The van der Waals surface area contributed by atoms with Crippen LogP contribution in [0.2, 0.25) is 0 Å². The average Bonchev–Trinajstić information content (AvgIpc) is 2.54. The number of rotatable bonds is 5. The van der Waals surface area contributed by atoms with Crippen molar-refractivity contribution in [1.29, 1.82) is 0 Å². The molecule has 0 radical (unpaired) electrons. The molecule has 2 amide bonds. The van der Waals surface area contributed by atoms with Crippen molar-refractivity contribution >= 4 is 11.8 Å². The summed E-state index contributed by atoms with van der Waals surface area (Å²) in [6.45, 7) is 5.88. The molecular weight excluding hydrogens is 274 g/mol. The van der Waals surface area contributed by atoms with Crippen molar-refractivity contribution < 1.29 is 19.1 Å². The van der Waals surface area contributed by atoms with E-state index in [1.54, 1.807) is 11.8 Å². The molecule has 1 atom stereocenters. The highest BCUT2D eigenvalue weighted by atomic mass is 16.5. The van der Waals surface area contributed by atoms with Crippen LogP contribution in [-0.2, 0) is 19.1 Å². The monoisotopic (exact) mass is 299 g/mol. The predicted molar refractivity (Wildman–Crippen MR) is 76.8 cm³/mol. The van der Waals surface area contributed by atoms with E-state index in [0.717, 1.165) is 25.9 Å². The fourth-order valence-electron chi connectivity index (χ4n) is 2.56. The van der Waals surface area contributed by atoms with Gasteiger partial charge < -0.3 is 25.0 Å². The largest absolute Gasteiger partial charge is 0.378 e. The van der Waals surface area contributed by atoms with Crippen LogP contribution >= 0.6 is 0 Å². The van der Waals surface area contributed by atoms with E-state index in [-0.39, 0.29) is 24.5 Å². The van der Waals surface area contributed by atoms with Gasteiger partial charge in [0.2, 0.25) is 11.8 Å². The van der Waals surface area contributed by atoms with E-state index < -0.39 is 6.04 Å². The summed E-state index contributed by atoms with van der Waals surface area (Å²) in [5.41, 5.74) is 0. The summed E-state index contributed by atoms with van der Waals surface area (Å²) in [6, 6.07) is -0.521. The zero-order chi connectivity index (χ0) is 15.1. The van der Waals surface area contributed by atoms with Crippen LogP contribution in [0.25, 0.3) is 0 Å². The molecule has 21 heavy (non-hydrogen) atoms. The number of carbonyl (C=O) groups excluding carboxylic acids is 2. The molecular formula is C14H25N3O4. The van der Waals surface area contributed by atoms with Crippen LogP contribution in [0.15, 0.2) is 0 Å². The van der Waals surface area contributed by atoms with Gasteiger partial charge in [0, 0.05) is 13.1 Å². The maximum Gasteiger partial charge on any atom is 0.246 e. The van der Waals surface area contributed by atoms with Gasteiger partial charge in [-0.1, -0.05) is 0 Å². The third-order valence-electron chi connectivity index (χ3n) is 3.81. The Morgan fingerprint density at radius 3 is 2.67 bits per heavy atom. The fraction of sp³-hybridized carbons (Fsp3) is 0.857. The highest BCUT2D eigenvalue weighted by molar-refractivity contribution is 5.87. The molecule has 2 rings (SSSR count). The molecule has 2 aliphatic heterocycles. The van der Waals surface area contributed by atoms with E-state index >= 15 is 0 Å². The molecule has 1 unspecified atom stereocenters. The van der Waals surface area contributed by atoms with Gasteiger partial charge in [-0.2, -0.15) is 0 Å². The van der Waals surface area contributed by atoms with Crippen molar-refractivity contribution in [2.75, 3.05) is 46.0 Å². The van der Waals surface area contributed by atoms with Gasteiger partial charge in [-0.25, -0.2) is 0 Å². The van der Waals surface area contributed by atoms with Crippen molar-refractivity contribution in [1.82, 2.24) is 15.5 Å². The molecule has 2 saturated heterocycles. The third-order valence-corrected chi connectivity index (χ3v) is 3.81. The second kappa shape index (κ2) is 8.31. The Kier molecular flexibility index (Phi) is 6.41. The van der Waals surface area contributed by atoms with Crippen molar-refractivity contribution in [2.45, 2.75) is 31.9 Å². The van der Waals surface area contributed by atoms with E-state index in [1.165, 1.54) is 0 Å². The highest BCUT2D eigenvalue weighted by Crippen LogP contribution is 2.06. The Balaban J connectivity index is 1.67. The SMILES string of the molecule is CC(NC(=O)COC1CCNCC1)C(=O)N1CCOCC1. The lowest BCUT2D eigenvalue weighted by Crippen LogP contribution is -2.51. The number of piperidine rings is 1. The first kappa shape index (κ1) is 16.2. The van der Waals surface area contributed by atoms with Gasteiger partial charge in [-0.15, -0.1) is 0 Å². The molecule has 2 fully saturated rings. The van der Waals surface area contributed by atoms with Gasteiger partial charge >= 0.3 is 0 Å². The lowest BCUT2D eigenvalue weighted by Gasteiger charge is -2.29. The van der Waals surface area contributed by atoms with Crippen LogP contribution in [-0.4, -0.2) is 74.9 Å². The van der Waals surface area contributed by atoms with Crippen molar-refractivity contribution in [3.63, 3.8) is 0 Å². The molecule has 0 aliphatic carbocycles. The molecule has 0 spiro atoms. The number of ether oxygens (including phenoxy) is 2. The van der Waals surface area contributed by atoms with Crippen molar-refractivity contribution in [2.24, 2.45) is 0 Å². The number of nitrogens with zero attached hydrogens (tertiary/aromatic N) is 1. The summed E-state index contributed by atoms with van der Waals surface area (Å²) >= 11 is 0. The first-order chi connectivity index (χ1) is 10.2. The van der Waals surface area contributed by atoms with Gasteiger partial charge in [-0.3, -0.25) is 9.59 Å². The number of nitrogens with one attached hydrogen (secondary N) is 2. The minimum Gasteiger partial charge on any atom is -0.378 e. The van der Waals surface area contributed by atoms with Crippen LogP contribution in [0, 0.1) is 0 Å². The quantitative estimate of drug-likeness (QED) is 0.689. The molecule has 120 valence electrons. The minimum absolute atomic E-state index is 0.0192. The first-order valence-corrected chi connectivity index (χ1v) is 7.65. The normalized spacial score (nSPS) is 21.9. The summed E-state index contributed by atoms with van der Waals surface area (Å²) in [4.78, 5) is 25.7. The van der Waals surface area contributed by atoms with Gasteiger partial charge in [0.15, 0.2) is 0 Å². The molecule has 0 aromatic carbocycles. The molecule has 0 saturated carbocycles. The highest BCUT2D eigenvalue weighted by Gasteiger charge is 2.24. The summed E-state index contributed by atoms with van der Waals surface area (Å²) < 4.78 is 10.8. The third kappa shape index (κ3) is 5.26. The standard InChI is InChI=1S/C14H25N3O4/c1-11(14(19)17-6-8-20-9-7-17)16-13(18)10-21-12-2-4-15-5-3-12/h11-12,15H,2-10H2,1H3,(H,16,18). The molecule has 0 bridgehead atoms. The maximum atomic E-state index is 12.1. The average molecular weight is 299 g/mol. The summed E-state index contributed by atoms with van der Waals surface area (Å²) in [5, 5.41) is 5.95. The van der Waals surface area contributed by atoms with Crippen LogP contribution in [0.1, 0.15) is 19.8 Å². The molecule has 2 aliphatic rings. The Morgan fingerprint density at radius 1 is 1.33 bits per heavy atom. The lowest BCUT2D eigenvalue weighted by molar-refractivity contribution is -0.140. The predicted octanol–water partition coefficient (Wildman–Crippen LogP) is -0.881. The van der Waals surface area contributed by atoms with E-state index in [2.05, 4.69) is 10.6 Å². The summed E-state index contributed by atoms with van der Waals surface area (Å²) in [6.07, 6.45) is 1.99. The number of morpholine rings is 1. The maximum absolute atomic E-state index is 12.1. The number of carbonyl (C=O) groups is 2. The zero-order valence-electron chi connectivity index (χ0n) is 12.6. The van der Waals surface area contributed by atoms with Gasteiger partial charge in [0.05, 0.1) is 19.3 Å². The van der Waals surface area contributed by atoms with E-state index in [0.29, 0.717) is 26.3 Å². The summed E-state index contributed by atoms with van der Waals surface area (Å²) in [7, 11) is 0. The fourth-order valence-corrected chi connectivity index (χ4v) is 2.56. The molecule has 2 N–H and O–H groups in total. The van der Waals surface area contributed by atoms with Gasteiger partial charge in [0.1, 0.15) is 12.6 Å². The molecule has 7 nitrogen and oxygen atoms in total.